The van der Waals surface area contributed by atoms with Gasteiger partial charge in [0.25, 0.3) is 0 Å². The maximum absolute atomic E-state index is 12.0. The van der Waals surface area contributed by atoms with Crippen molar-refractivity contribution in [3.8, 4) is 0 Å². The molecule has 27 heavy (non-hydrogen) atoms. The molecule has 2 aliphatic rings. The van der Waals surface area contributed by atoms with E-state index in [2.05, 4.69) is 5.32 Å². The van der Waals surface area contributed by atoms with Crippen molar-refractivity contribution < 1.29 is 24.1 Å². The van der Waals surface area contributed by atoms with Gasteiger partial charge in [-0.05, 0) is 30.4 Å². The molecule has 1 saturated carbocycles. The van der Waals surface area contributed by atoms with E-state index in [0.717, 1.165) is 24.8 Å². The smallest absolute Gasteiger partial charge is 0.335 e. The number of carboxylic acids is 1. The number of carboxylic acid groups (broad SMARTS) is 1. The number of benzene rings is 1. The Hall–Kier alpha value is -1.20. The normalized spacial score (nSPS) is 26.4. The van der Waals surface area contributed by atoms with Crippen molar-refractivity contribution >= 4 is 14.0 Å². The van der Waals surface area contributed by atoms with Crippen LogP contribution in [0.3, 0.4) is 0 Å². The van der Waals surface area contributed by atoms with Crippen LogP contribution in [0.15, 0.2) is 24.3 Å². The Labute approximate surface area is 161 Å². The van der Waals surface area contributed by atoms with Crippen molar-refractivity contribution in [2.75, 3.05) is 13.2 Å². The summed E-state index contributed by atoms with van der Waals surface area (Å²) >= 11 is 0. The van der Waals surface area contributed by atoms with E-state index >= 15 is 0 Å². The fourth-order valence-corrected chi connectivity index (χ4v) is 5.46. The Morgan fingerprint density at radius 1 is 1.26 bits per heavy atom. The maximum Gasteiger partial charge on any atom is 0.335 e. The summed E-state index contributed by atoms with van der Waals surface area (Å²) in [5, 5.41) is 12.7. The van der Waals surface area contributed by atoms with Gasteiger partial charge in [-0.2, -0.15) is 0 Å². The van der Waals surface area contributed by atoms with Crippen LogP contribution in [-0.4, -0.2) is 46.9 Å². The Kier molecular flexibility index (Phi) is 7.48. The molecular formula is C20H30NO5P. The van der Waals surface area contributed by atoms with Gasteiger partial charge in [-0.1, -0.05) is 50.3 Å². The minimum Gasteiger partial charge on any atom is -0.478 e. The zero-order chi connectivity index (χ0) is 19.2. The van der Waals surface area contributed by atoms with E-state index in [0.29, 0.717) is 31.1 Å². The molecule has 1 saturated heterocycles. The first-order valence-electron chi connectivity index (χ1n) is 9.93. The zero-order valence-corrected chi connectivity index (χ0v) is 16.6. The number of hydrogen-bond acceptors (Lipinski definition) is 4. The molecule has 0 aromatic heterocycles. The second-order valence-corrected chi connectivity index (χ2v) is 9.25. The summed E-state index contributed by atoms with van der Waals surface area (Å²) in [6.07, 6.45) is 7.12. The molecule has 1 aromatic carbocycles. The summed E-state index contributed by atoms with van der Waals surface area (Å²) in [5.41, 5.74) is 0.800. The highest BCUT2D eigenvalue weighted by Gasteiger charge is 2.33. The minimum absolute atomic E-state index is 0.0121. The SMILES string of the molecule is O=C(O)c1ccccc1C[C@@H]1CO[C@@H](C(CC2CCCCC2)[PH](=O)O)CN1. The number of ether oxygens (including phenoxy) is 1. The third kappa shape index (κ3) is 5.64. The molecule has 3 N–H and O–H groups in total. The molecule has 6 nitrogen and oxygen atoms in total. The predicted molar refractivity (Wildman–Crippen MR) is 105 cm³/mol. The van der Waals surface area contributed by atoms with Crippen LogP contribution >= 0.6 is 8.03 Å². The van der Waals surface area contributed by atoms with Crippen LogP contribution in [0.5, 0.6) is 0 Å². The van der Waals surface area contributed by atoms with Gasteiger partial charge in [0.15, 0.2) is 8.03 Å². The lowest BCUT2D eigenvalue weighted by Crippen LogP contribution is -2.51. The first-order valence-corrected chi connectivity index (χ1v) is 11.4. The van der Waals surface area contributed by atoms with E-state index < -0.39 is 14.0 Å². The standard InChI is InChI=1S/C20H30NO5P/c22-20(23)17-9-5-4-8-15(17)11-16-13-26-18(12-21-16)19(27(24)25)10-14-6-2-1-3-7-14/h4-5,8-9,14,16,18-19,21,27H,1-3,6-7,10-13H2,(H,22,23)(H,24,25)/t16-,18-,19?/m1/s1. The predicted octanol–water partition coefficient (Wildman–Crippen LogP) is 3.09. The van der Waals surface area contributed by atoms with Crippen LogP contribution in [-0.2, 0) is 15.7 Å². The molecule has 1 aliphatic carbocycles. The van der Waals surface area contributed by atoms with Crippen LogP contribution in [0.2, 0.25) is 0 Å². The second-order valence-electron chi connectivity index (χ2n) is 7.83. The monoisotopic (exact) mass is 395 g/mol. The van der Waals surface area contributed by atoms with Gasteiger partial charge >= 0.3 is 5.97 Å². The Morgan fingerprint density at radius 2 is 2.00 bits per heavy atom. The van der Waals surface area contributed by atoms with E-state index in [-0.39, 0.29) is 17.8 Å². The topological polar surface area (TPSA) is 95.9 Å². The van der Waals surface area contributed by atoms with Gasteiger partial charge in [-0.3, -0.25) is 4.57 Å². The van der Waals surface area contributed by atoms with Crippen molar-refractivity contribution in [1.82, 2.24) is 5.32 Å². The molecule has 0 bridgehead atoms. The largest absolute Gasteiger partial charge is 0.478 e. The van der Waals surface area contributed by atoms with E-state index in [1.807, 2.05) is 12.1 Å². The molecule has 2 fully saturated rings. The summed E-state index contributed by atoms with van der Waals surface area (Å²) < 4.78 is 18.0. The van der Waals surface area contributed by atoms with Gasteiger partial charge in [0.2, 0.25) is 0 Å². The maximum atomic E-state index is 12.0. The van der Waals surface area contributed by atoms with Gasteiger partial charge in [-0.15, -0.1) is 0 Å². The van der Waals surface area contributed by atoms with Crippen LogP contribution in [0.1, 0.15) is 54.4 Å². The van der Waals surface area contributed by atoms with E-state index in [1.54, 1.807) is 12.1 Å². The van der Waals surface area contributed by atoms with E-state index in [1.165, 1.54) is 19.3 Å². The van der Waals surface area contributed by atoms with Crippen molar-refractivity contribution in [1.29, 1.82) is 0 Å². The Balaban J connectivity index is 1.55. The fraction of sp³-hybridized carbons (Fsp3) is 0.650. The number of aromatic carboxylic acids is 1. The van der Waals surface area contributed by atoms with Gasteiger partial charge in [0.1, 0.15) is 0 Å². The summed E-state index contributed by atoms with van der Waals surface area (Å²) in [7, 11) is -2.66. The number of hydrogen-bond donors (Lipinski definition) is 3. The second kappa shape index (κ2) is 9.83. The van der Waals surface area contributed by atoms with Crippen LogP contribution in [0.25, 0.3) is 0 Å². The van der Waals surface area contributed by atoms with Crippen LogP contribution < -0.4 is 5.32 Å². The highest BCUT2D eigenvalue weighted by atomic mass is 31.1. The van der Waals surface area contributed by atoms with Crippen molar-refractivity contribution in [3.05, 3.63) is 35.4 Å². The van der Waals surface area contributed by atoms with Gasteiger partial charge < -0.3 is 20.1 Å². The Bertz CT molecular complexity index is 654. The van der Waals surface area contributed by atoms with Crippen molar-refractivity contribution in [2.45, 2.75) is 62.8 Å². The minimum atomic E-state index is -2.66. The van der Waals surface area contributed by atoms with Gasteiger partial charge in [0, 0.05) is 12.6 Å². The molecule has 0 spiro atoms. The van der Waals surface area contributed by atoms with Crippen LogP contribution in [0.4, 0.5) is 0 Å². The Morgan fingerprint density at radius 3 is 2.63 bits per heavy atom. The molecule has 2 unspecified atom stereocenters. The quantitative estimate of drug-likeness (QED) is 0.614. The molecule has 1 aliphatic heterocycles. The molecule has 1 aromatic rings. The molecule has 150 valence electrons. The zero-order valence-electron chi connectivity index (χ0n) is 15.6. The fourth-order valence-electron chi connectivity index (χ4n) is 4.40. The number of nitrogens with one attached hydrogen (secondary N) is 1. The number of morpholine rings is 1. The first kappa shape index (κ1) is 20.5. The lowest BCUT2D eigenvalue weighted by molar-refractivity contribution is -0.00273. The summed E-state index contributed by atoms with van der Waals surface area (Å²) in [5.74, 6) is -0.389. The lowest BCUT2D eigenvalue weighted by atomic mass is 9.85. The number of carbonyl (C=O) groups is 1. The first-order chi connectivity index (χ1) is 13.0. The average molecular weight is 395 g/mol. The third-order valence-electron chi connectivity index (χ3n) is 5.91. The summed E-state index contributed by atoms with van der Waals surface area (Å²) in [6.45, 7) is 0.961. The van der Waals surface area contributed by atoms with Gasteiger partial charge in [0.05, 0.1) is 23.9 Å². The lowest BCUT2D eigenvalue weighted by Gasteiger charge is -2.36. The number of rotatable bonds is 7. The third-order valence-corrected chi connectivity index (χ3v) is 7.15. The molecule has 0 amide bonds. The van der Waals surface area contributed by atoms with Crippen molar-refractivity contribution in [3.63, 3.8) is 0 Å². The molecule has 1 heterocycles. The van der Waals surface area contributed by atoms with Crippen LogP contribution in [0, 0.1) is 5.92 Å². The molecule has 3 rings (SSSR count). The summed E-state index contributed by atoms with van der Waals surface area (Å²) in [4.78, 5) is 21.2. The average Bonchev–Trinajstić information content (AvgIpc) is 2.68. The van der Waals surface area contributed by atoms with E-state index in [4.69, 9.17) is 4.74 Å². The molecular weight excluding hydrogens is 365 g/mol. The molecule has 0 radical (unpaired) electrons. The molecule has 7 heteroatoms. The summed E-state index contributed by atoms with van der Waals surface area (Å²) in [6, 6.07) is 7.02. The molecule has 4 atom stereocenters. The highest BCUT2D eigenvalue weighted by molar-refractivity contribution is 7.39. The highest BCUT2D eigenvalue weighted by Crippen LogP contribution is 2.37. The van der Waals surface area contributed by atoms with E-state index in [9.17, 15) is 19.4 Å². The van der Waals surface area contributed by atoms with Gasteiger partial charge in [-0.25, -0.2) is 4.79 Å². The van der Waals surface area contributed by atoms with Crippen molar-refractivity contribution in [2.24, 2.45) is 5.92 Å².